The zero-order valence-corrected chi connectivity index (χ0v) is 11.9. The van der Waals surface area contributed by atoms with Gasteiger partial charge in [0.1, 0.15) is 5.69 Å². The van der Waals surface area contributed by atoms with Crippen molar-refractivity contribution in [2.24, 2.45) is 5.73 Å². The van der Waals surface area contributed by atoms with Gasteiger partial charge in [0.15, 0.2) is 5.82 Å². The lowest BCUT2D eigenvalue weighted by molar-refractivity contribution is 0.0995. The molecule has 0 unspecified atom stereocenters. The summed E-state index contributed by atoms with van der Waals surface area (Å²) < 4.78 is 0. The number of aromatic nitrogens is 6. The molecule has 0 aliphatic carbocycles. The minimum absolute atomic E-state index is 0.106. The second-order valence-electron chi connectivity index (χ2n) is 4.55. The Morgan fingerprint density at radius 3 is 2.86 bits per heavy atom. The average molecular weight is 290 g/mol. The van der Waals surface area contributed by atoms with Crippen molar-refractivity contribution in [1.29, 1.82) is 0 Å². The molecule has 9 nitrogen and oxygen atoms in total. The van der Waals surface area contributed by atoms with Crippen LogP contribution in [0.25, 0.3) is 0 Å². The van der Waals surface area contributed by atoms with Crippen molar-refractivity contribution >= 4 is 17.7 Å². The van der Waals surface area contributed by atoms with Crippen LogP contribution in [0.15, 0.2) is 12.4 Å². The highest BCUT2D eigenvalue weighted by molar-refractivity contribution is 5.90. The van der Waals surface area contributed by atoms with Crippen LogP contribution in [0.1, 0.15) is 43.1 Å². The molecule has 0 saturated carbocycles. The number of unbranched alkanes of at least 4 members (excludes halogenated alkanes) is 3. The highest BCUT2D eigenvalue weighted by Gasteiger charge is 2.16. The molecule has 112 valence electrons. The molecule has 0 fully saturated rings. The van der Waals surface area contributed by atoms with Gasteiger partial charge >= 0.3 is 0 Å². The SMILES string of the molecule is CCCCCCN(c1cncc(C(N)=O)n1)c1nn[nH]n1. The predicted octanol–water partition coefficient (Wildman–Crippen LogP) is 0.807. The van der Waals surface area contributed by atoms with Crippen molar-refractivity contribution < 1.29 is 4.79 Å². The topological polar surface area (TPSA) is 127 Å². The van der Waals surface area contributed by atoms with Crippen LogP contribution in [0.2, 0.25) is 0 Å². The van der Waals surface area contributed by atoms with E-state index >= 15 is 0 Å². The highest BCUT2D eigenvalue weighted by Crippen LogP contribution is 2.19. The Hall–Kier alpha value is -2.58. The van der Waals surface area contributed by atoms with Crippen molar-refractivity contribution in [1.82, 2.24) is 30.6 Å². The fourth-order valence-corrected chi connectivity index (χ4v) is 1.89. The van der Waals surface area contributed by atoms with Gasteiger partial charge in [0.05, 0.1) is 12.4 Å². The van der Waals surface area contributed by atoms with E-state index in [-0.39, 0.29) is 5.69 Å². The monoisotopic (exact) mass is 290 g/mol. The molecule has 0 aliphatic rings. The van der Waals surface area contributed by atoms with Gasteiger partial charge in [-0.1, -0.05) is 31.3 Å². The fraction of sp³-hybridized carbons (Fsp3) is 0.500. The third-order valence-corrected chi connectivity index (χ3v) is 2.96. The van der Waals surface area contributed by atoms with Crippen LogP contribution in [0.3, 0.4) is 0 Å². The van der Waals surface area contributed by atoms with Crippen molar-refractivity contribution in [2.75, 3.05) is 11.4 Å². The Morgan fingerprint density at radius 1 is 1.33 bits per heavy atom. The van der Waals surface area contributed by atoms with Gasteiger partial charge in [-0.25, -0.2) is 4.98 Å². The zero-order valence-electron chi connectivity index (χ0n) is 11.9. The second kappa shape index (κ2) is 7.27. The fourth-order valence-electron chi connectivity index (χ4n) is 1.89. The van der Waals surface area contributed by atoms with Crippen LogP contribution in [0, 0.1) is 0 Å². The number of anilines is 2. The molecule has 0 radical (unpaired) electrons. The summed E-state index contributed by atoms with van der Waals surface area (Å²) in [6.07, 6.45) is 7.23. The summed E-state index contributed by atoms with van der Waals surface area (Å²) in [5.41, 5.74) is 5.34. The Morgan fingerprint density at radius 2 is 2.19 bits per heavy atom. The number of aromatic amines is 1. The van der Waals surface area contributed by atoms with Crippen LogP contribution >= 0.6 is 0 Å². The van der Waals surface area contributed by atoms with Gasteiger partial charge < -0.3 is 5.73 Å². The Kier molecular flexibility index (Phi) is 5.13. The molecule has 0 atom stereocenters. The summed E-state index contributed by atoms with van der Waals surface area (Å²) >= 11 is 0. The van der Waals surface area contributed by atoms with Gasteiger partial charge in [-0.3, -0.25) is 14.7 Å². The van der Waals surface area contributed by atoms with Crippen molar-refractivity contribution in [2.45, 2.75) is 32.6 Å². The second-order valence-corrected chi connectivity index (χ2v) is 4.55. The first kappa shape index (κ1) is 14.8. The molecule has 2 aromatic rings. The minimum atomic E-state index is -0.622. The number of carbonyl (C=O) groups is 1. The molecule has 3 N–H and O–H groups in total. The lowest BCUT2D eigenvalue weighted by atomic mass is 10.2. The lowest BCUT2D eigenvalue weighted by Gasteiger charge is -2.19. The summed E-state index contributed by atoms with van der Waals surface area (Å²) in [4.78, 5) is 21.2. The van der Waals surface area contributed by atoms with Crippen molar-refractivity contribution in [3.05, 3.63) is 18.1 Å². The normalized spacial score (nSPS) is 10.5. The number of carbonyl (C=O) groups excluding carboxylic acids is 1. The van der Waals surface area contributed by atoms with Crippen LogP contribution in [0.5, 0.6) is 0 Å². The molecule has 0 saturated heterocycles. The number of nitrogens with zero attached hydrogens (tertiary/aromatic N) is 6. The summed E-state index contributed by atoms with van der Waals surface area (Å²) in [6.45, 7) is 2.81. The number of primary amides is 1. The first-order chi connectivity index (χ1) is 10.2. The molecule has 1 amide bonds. The van der Waals surface area contributed by atoms with Crippen molar-refractivity contribution in [3.63, 3.8) is 0 Å². The molecule has 21 heavy (non-hydrogen) atoms. The van der Waals surface area contributed by atoms with E-state index in [9.17, 15) is 4.79 Å². The third kappa shape index (κ3) is 3.94. The van der Waals surface area contributed by atoms with Crippen LogP contribution < -0.4 is 10.6 Å². The van der Waals surface area contributed by atoms with Gasteiger partial charge in [0, 0.05) is 6.54 Å². The molecular weight excluding hydrogens is 272 g/mol. The van der Waals surface area contributed by atoms with E-state index in [4.69, 9.17) is 5.73 Å². The van der Waals surface area contributed by atoms with Crippen LogP contribution in [0.4, 0.5) is 11.8 Å². The average Bonchev–Trinajstić information content (AvgIpc) is 3.01. The molecule has 0 aliphatic heterocycles. The van der Waals surface area contributed by atoms with Gasteiger partial charge in [0.2, 0.25) is 0 Å². The Labute approximate surface area is 122 Å². The Balaban J connectivity index is 2.18. The molecule has 0 aromatic carbocycles. The van der Waals surface area contributed by atoms with Gasteiger partial charge in [-0.2, -0.15) is 5.21 Å². The lowest BCUT2D eigenvalue weighted by Crippen LogP contribution is -2.23. The summed E-state index contributed by atoms with van der Waals surface area (Å²) in [7, 11) is 0. The van der Waals surface area contributed by atoms with Crippen LogP contribution in [-0.4, -0.2) is 43.0 Å². The molecular formula is C12H18N8O. The number of nitrogens with one attached hydrogen (secondary N) is 1. The largest absolute Gasteiger partial charge is 0.364 e. The van der Waals surface area contributed by atoms with E-state index in [0.717, 1.165) is 25.7 Å². The first-order valence-electron chi connectivity index (χ1n) is 6.85. The molecule has 0 bridgehead atoms. The number of tetrazole rings is 1. The number of nitrogens with two attached hydrogens (primary N) is 1. The van der Waals surface area contributed by atoms with Crippen LogP contribution in [-0.2, 0) is 0 Å². The summed E-state index contributed by atoms with van der Waals surface area (Å²) in [5, 5.41) is 13.9. The van der Waals surface area contributed by atoms with E-state index in [1.807, 2.05) is 0 Å². The van der Waals surface area contributed by atoms with Crippen molar-refractivity contribution in [3.8, 4) is 0 Å². The molecule has 2 heterocycles. The number of rotatable bonds is 8. The maximum Gasteiger partial charge on any atom is 0.271 e. The Bertz CT molecular complexity index is 570. The molecule has 9 heteroatoms. The maximum absolute atomic E-state index is 11.2. The number of hydrogen-bond acceptors (Lipinski definition) is 7. The zero-order chi connectivity index (χ0) is 15.1. The molecule has 2 aromatic heterocycles. The van der Waals surface area contributed by atoms with E-state index in [2.05, 4.69) is 37.5 Å². The number of amides is 1. The number of hydrogen-bond donors (Lipinski definition) is 2. The van der Waals surface area contributed by atoms with Gasteiger partial charge in [0.25, 0.3) is 11.9 Å². The standard InChI is InChI=1S/C12H18N8O/c1-2-3-4-5-6-20(12-16-18-19-17-12)10-8-14-7-9(15-10)11(13)21/h7-8H,2-6H2,1H3,(H2,13,21)(H,16,17,18,19). The summed E-state index contributed by atoms with van der Waals surface area (Å²) in [5.74, 6) is 0.245. The quantitative estimate of drug-likeness (QED) is 0.688. The molecule has 0 spiro atoms. The van der Waals surface area contributed by atoms with E-state index < -0.39 is 5.91 Å². The first-order valence-corrected chi connectivity index (χ1v) is 6.85. The number of H-pyrrole nitrogens is 1. The van der Waals surface area contributed by atoms with E-state index in [1.54, 1.807) is 11.1 Å². The molecule has 2 rings (SSSR count). The smallest absolute Gasteiger partial charge is 0.271 e. The summed E-state index contributed by atoms with van der Waals surface area (Å²) in [6, 6.07) is 0. The third-order valence-electron chi connectivity index (χ3n) is 2.96. The van der Waals surface area contributed by atoms with Gasteiger partial charge in [-0.05, 0) is 11.6 Å². The van der Waals surface area contributed by atoms with Gasteiger partial charge in [-0.15, -0.1) is 5.10 Å². The highest BCUT2D eigenvalue weighted by atomic mass is 16.1. The maximum atomic E-state index is 11.2. The van der Waals surface area contributed by atoms with E-state index in [0.29, 0.717) is 18.3 Å². The minimum Gasteiger partial charge on any atom is -0.364 e. The predicted molar refractivity (Wildman–Crippen MR) is 75.9 cm³/mol. The van der Waals surface area contributed by atoms with E-state index in [1.165, 1.54) is 6.20 Å².